The van der Waals surface area contributed by atoms with E-state index in [-0.39, 0.29) is 29.6 Å². The summed E-state index contributed by atoms with van der Waals surface area (Å²) >= 11 is 0. The number of carbonyl (C=O) groups is 1. The lowest BCUT2D eigenvalue weighted by Gasteiger charge is -2.33. The highest BCUT2D eigenvalue weighted by Gasteiger charge is 2.32. The van der Waals surface area contributed by atoms with Crippen LogP contribution in [0.1, 0.15) is 40.2 Å². The predicted molar refractivity (Wildman–Crippen MR) is 114 cm³/mol. The Labute approximate surface area is 188 Å². The van der Waals surface area contributed by atoms with E-state index < -0.39 is 17.8 Å². The molecule has 0 aromatic carbocycles. The summed E-state index contributed by atoms with van der Waals surface area (Å²) < 4.78 is 44.6. The van der Waals surface area contributed by atoms with Crippen LogP contribution in [0.5, 0.6) is 5.88 Å². The van der Waals surface area contributed by atoms with E-state index in [9.17, 15) is 18.0 Å². The van der Waals surface area contributed by atoms with E-state index in [0.29, 0.717) is 36.5 Å². The van der Waals surface area contributed by atoms with Crippen LogP contribution in [0.2, 0.25) is 0 Å². The molecule has 0 saturated carbocycles. The smallest absolute Gasteiger partial charge is 0.417 e. The second-order valence-electron chi connectivity index (χ2n) is 7.90. The van der Waals surface area contributed by atoms with Gasteiger partial charge < -0.3 is 9.64 Å². The van der Waals surface area contributed by atoms with Gasteiger partial charge in [0.25, 0.3) is 5.91 Å². The first-order valence-corrected chi connectivity index (χ1v) is 10.5. The summed E-state index contributed by atoms with van der Waals surface area (Å²) in [5.41, 5.74) is 0.943. The molecule has 1 aliphatic rings. The van der Waals surface area contributed by atoms with Gasteiger partial charge in [0.2, 0.25) is 5.88 Å². The highest BCUT2D eigenvalue weighted by molar-refractivity contribution is 5.98. The summed E-state index contributed by atoms with van der Waals surface area (Å²) in [7, 11) is 0. The lowest BCUT2D eigenvalue weighted by atomic mass is 10.1. The molecular weight excluding hydrogens is 435 g/mol. The van der Waals surface area contributed by atoms with Crippen LogP contribution in [0.15, 0.2) is 42.9 Å². The Balaban J connectivity index is 1.53. The van der Waals surface area contributed by atoms with Gasteiger partial charge in [-0.25, -0.2) is 19.9 Å². The van der Waals surface area contributed by atoms with Crippen LogP contribution >= 0.6 is 0 Å². The normalized spacial score (nSPS) is 16.5. The van der Waals surface area contributed by atoms with Gasteiger partial charge in [0, 0.05) is 36.4 Å². The number of nitrogens with zero attached hydrogens (tertiary/aromatic N) is 5. The number of piperidine rings is 1. The van der Waals surface area contributed by atoms with Crippen molar-refractivity contribution in [3.8, 4) is 17.3 Å². The second-order valence-corrected chi connectivity index (χ2v) is 7.90. The van der Waals surface area contributed by atoms with Gasteiger partial charge in [-0.1, -0.05) is 0 Å². The minimum absolute atomic E-state index is 0.134. The van der Waals surface area contributed by atoms with E-state index in [1.54, 1.807) is 42.4 Å². The third-order valence-corrected chi connectivity index (χ3v) is 5.34. The Morgan fingerprint density at radius 2 is 1.91 bits per heavy atom. The van der Waals surface area contributed by atoms with Gasteiger partial charge in [-0.2, -0.15) is 13.2 Å². The van der Waals surface area contributed by atoms with Gasteiger partial charge in [0.05, 0.1) is 17.7 Å². The molecule has 4 rings (SSSR count). The van der Waals surface area contributed by atoms with Gasteiger partial charge in [0.15, 0.2) is 5.82 Å². The maximum absolute atomic E-state index is 13.4. The summed E-state index contributed by atoms with van der Waals surface area (Å²) in [6.07, 6.45) is 0.427. The van der Waals surface area contributed by atoms with Crippen molar-refractivity contribution in [2.75, 3.05) is 13.1 Å². The molecule has 0 N–H and O–H groups in total. The molecule has 4 heterocycles. The van der Waals surface area contributed by atoms with Crippen LogP contribution in [-0.2, 0) is 6.18 Å². The van der Waals surface area contributed by atoms with Crippen LogP contribution in [0.25, 0.3) is 11.4 Å². The van der Waals surface area contributed by atoms with Crippen molar-refractivity contribution < 1.29 is 22.7 Å². The summed E-state index contributed by atoms with van der Waals surface area (Å²) in [6.45, 7) is 4.11. The van der Waals surface area contributed by atoms with E-state index >= 15 is 0 Å². The van der Waals surface area contributed by atoms with E-state index in [0.717, 1.165) is 12.3 Å². The summed E-state index contributed by atoms with van der Waals surface area (Å²) in [4.78, 5) is 31.8. The minimum atomic E-state index is -4.47. The molecule has 3 aromatic rings. The molecule has 1 amide bonds. The molecule has 172 valence electrons. The average Bonchev–Trinajstić information content (AvgIpc) is 2.80. The number of hydrogen-bond acceptors (Lipinski definition) is 6. The first-order valence-electron chi connectivity index (χ1n) is 10.5. The van der Waals surface area contributed by atoms with Crippen LogP contribution in [0, 0.1) is 13.8 Å². The molecule has 3 aromatic heterocycles. The fraction of sp³-hybridized carbons (Fsp3) is 0.348. The van der Waals surface area contributed by atoms with Gasteiger partial charge >= 0.3 is 6.18 Å². The number of halogens is 3. The Morgan fingerprint density at radius 1 is 1.15 bits per heavy atom. The lowest BCUT2D eigenvalue weighted by molar-refractivity contribution is -0.137. The highest BCUT2D eigenvalue weighted by Crippen LogP contribution is 2.31. The van der Waals surface area contributed by atoms with E-state index in [1.165, 1.54) is 6.92 Å². The van der Waals surface area contributed by atoms with Gasteiger partial charge in [-0.15, -0.1) is 0 Å². The molecule has 7 nitrogen and oxygen atoms in total. The monoisotopic (exact) mass is 457 g/mol. The number of alkyl halides is 3. The third kappa shape index (κ3) is 5.10. The highest BCUT2D eigenvalue weighted by atomic mass is 19.4. The van der Waals surface area contributed by atoms with Crippen LogP contribution in [-0.4, -0.2) is 49.9 Å². The number of aromatic nitrogens is 4. The summed E-state index contributed by atoms with van der Waals surface area (Å²) in [5.74, 6) is 0.267. The maximum atomic E-state index is 13.4. The molecule has 1 aliphatic heterocycles. The molecule has 0 radical (unpaired) electrons. The molecule has 10 heteroatoms. The van der Waals surface area contributed by atoms with E-state index in [2.05, 4.69) is 19.9 Å². The Kier molecular flexibility index (Phi) is 6.26. The molecule has 1 unspecified atom stereocenters. The quantitative estimate of drug-likeness (QED) is 0.583. The van der Waals surface area contributed by atoms with Gasteiger partial charge in [-0.05, 0) is 51.0 Å². The van der Waals surface area contributed by atoms with Gasteiger partial charge in [0.1, 0.15) is 11.8 Å². The van der Waals surface area contributed by atoms with Crippen LogP contribution in [0.3, 0.4) is 0 Å². The number of amides is 1. The fourth-order valence-electron chi connectivity index (χ4n) is 3.71. The van der Waals surface area contributed by atoms with Crippen molar-refractivity contribution in [2.45, 2.75) is 39.0 Å². The minimum Gasteiger partial charge on any atom is -0.472 e. The Bertz CT molecular complexity index is 1150. The molecule has 0 aliphatic carbocycles. The predicted octanol–water partition coefficient (Wildman–Crippen LogP) is 4.25. The van der Waals surface area contributed by atoms with Crippen LogP contribution in [0.4, 0.5) is 13.2 Å². The van der Waals surface area contributed by atoms with Crippen LogP contribution < -0.4 is 4.74 Å². The number of rotatable bonds is 4. The summed E-state index contributed by atoms with van der Waals surface area (Å²) in [5, 5.41) is 0. The largest absolute Gasteiger partial charge is 0.472 e. The van der Waals surface area contributed by atoms with Crippen molar-refractivity contribution in [3.05, 3.63) is 65.4 Å². The summed E-state index contributed by atoms with van der Waals surface area (Å²) in [6, 6.07) is 6.27. The molecule has 33 heavy (non-hydrogen) atoms. The van der Waals surface area contributed by atoms with E-state index in [4.69, 9.17) is 4.74 Å². The standard InChI is InChI=1S/C23H22F3N5O2/c1-14-11-16(23(24,25)26)12-29-21(14)33-17-5-3-10-31(13-17)22(32)19-18(7-6-15(2)30-19)20-27-8-4-9-28-20/h4,6-9,11-12,17H,3,5,10,13H2,1-2H3. The maximum Gasteiger partial charge on any atom is 0.417 e. The van der Waals surface area contributed by atoms with Gasteiger partial charge in [-0.3, -0.25) is 4.79 Å². The van der Waals surface area contributed by atoms with Crippen molar-refractivity contribution in [3.63, 3.8) is 0 Å². The molecule has 0 bridgehead atoms. The molecule has 1 atom stereocenters. The number of likely N-dealkylation sites (tertiary alicyclic amines) is 1. The Hall–Kier alpha value is -3.56. The average molecular weight is 457 g/mol. The zero-order chi connectivity index (χ0) is 23.6. The SMILES string of the molecule is Cc1ccc(-c2ncccn2)c(C(=O)N2CCCC(Oc3ncc(C(F)(F)F)cc3C)C2)n1. The zero-order valence-corrected chi connectivity index (χ0v) is 18.1. The van der Waals surface area contributed by atoms with Crippen molar-refractivity contribution >= 4 is 5.91 Å². The van der Waals surface area contributed by atoms with Crippen molar-refractivity contribution in [2.24, 2.45) is 0 Å². The zero-order valence-electron chi connectivity index (χ0n) is 18.1. The molecule has 1 fully saturated rings. The number of carbonyl (C=O) groups excluding carboxylic acids is 1. The second kappa shape index (κ2) is 9.13. The molecule has 1 saturated heterocycles. The topological polar surface area (TPSA) is 81.1 Å². The third-order valence-electron chi connectivity index (χ3n) is 5.34. The first-order chi connectivity index (χ1) is 15.7. The van der Waals surface area contributed by atoms with Crippen molar-refractivity contribution in [1.82, 2.24) is 24.8 Å². The first kappa shape index (κ1) is 22.6. The van der Waals surface area contributed by atoms with E-state index in [1.807, 2.05) is 0 Å². The number of pyridine rings is 2. The lowest BCUT2D eigenvalue weighted by Crippen LogP contribution is -2.45. The van der Waals surface area contributed by atoms with Crippen molar-refractivity contribution in [1.29, 1.82) is 0 Å². The number of aryl methyl sites for hydroxylation is 2. The fourth-order valence-corrected chi connectivity index (χ4v) is 3.71. The number of hydrogen-bond donors (Lipinski definition) is 0. The number of ether oxygens (including phenoxy) is 1. The molecule has 0 spiro atoms. The molecular formula is C23H22F3N5O2. The Morgan fingerprint density at radius 3 is 2.61 bits per heavy atom.